The summed E-state index contributed by atoms with van der Waals surface area (Å²) >= 11 is 1.23. The first-order valence-electron chi connectivity index (χ1n) is 9.60. The molecule has 2 heterocycles. The van der Waals surface area contributed by atoms with Crippen LogP contribution in [0.1, 0.15) is 15.2 Å². The van der Waals surface area contributed by atoms with Gasteiger partial charge in [-0.3, -0.25) is 4.79 Å². The third-order valence-corrected chi connectivity index (χ3v) is 6.40. The Bertz CT molecular complexity index is 1450. The highest BCUT2D eigenvalue weighted by atomic mass is 32.1. The summed E-state index contributed by atoms with van der Waals surface area (Å²) in [6.07, 6.45) is 0. The molecule has 0 aliphatic carbocycles. The van der Waals surface area contributed by atoms with Gasteiger partial charge in [-0.25, -0.2) is 4.39 Å². The molecular weight excluding hydrogens is 417 g/mol. The van der Waals surface area contributed by atoms with Crippen molar-refractivity contribution >= 4 is 55.0 Å². The number of thiophene rings is 1. The Labute approximate surface area is 181 Å². The van der Waals surface area contributed by atoms with Crippen molar-refractivity contribution in [2.45, 2.75) is 6.61 Å². The Morgan fingerprint density at radius 3 is 2.71 bits per heavy atom. The normalized spacial score (nSPS) is 11.5. The molecule has 1 amide bonds. The minimum atomic E-state index is -0.374. The molecule has 7 heteroatoms. The monoisotopic (exact) mass is 435 g/mol. The van der Waals surface area contributed by atoms with Gasteiger partial charge in [0.15, 0.2) is 0 Å². The van der Waals surface area contributed by atoms with E-state index in [9.17, 15) is 9.18 Å². The van der Waals surface area contributed by atoms with Crippen LogP contribution < -0.4 is 10.1 Å². The van der Waals surface area contributed by atoms with Crippen LogP contribution in [0, 0.1) is 5.82 Å². The number of fused-ring (bicyclic) bond motifs is 4. The Balaban J connectivity index is 1.59. The van der Waals surface area contributed by atoms with Gasteiger partial charge in [-0.2, -0.15) is 0 Å². The predicted molar refractivity (Wildman–Crippen MR) is 121 cm³/mol. The first kappa shape index (κ1) is 19.5. The van der Waals surface area contributed by atoms with Gasteiger partial charge in [-0.1, -0.05) is 24.3 Å². The van der Waals surface area contributed by atoms with Crippen molar-refractivity contribution in [3.05, 3.63) is 70.9 Å². The van der Waals surface area contributed by atoms with Gasteiger partial charge in [0.25, 0.3) is 5.91 Å². The molecule has 2 aromatic heterocycles. The van der Waals surface area contributed by atoms with E-state index in [1.165, 1.54) is 24.5 Å². The second-order valence-corrected chi connectivity index (χ2v) is 8.11. The summed E-state index contributed by atoms with van der Waals surface area (Å²) in [6.45, 7) is 0.128. The van der Waals surface area contributed by atoms with Gasteiger partial charge in [0, 0.05) is 39.6 Å². The lowest BCUT2D eigenvalue weighted by molar-refractivity contribution is 0.102. The van der Waals surface area contributed by atoms with Gasteiger partial charge in [-0.15, -0.1) is 11.3 Å². The zero-order valence-corrected chi connectivity index (χ0v) is 17.6. The maximum absolute atomic E-state index is 14.5. The molecule has 3 aromatic carbocycles. The average Bonchev–Trinajstić information content (AvgIpc) is 3.32. The van der Waals surface area contributed by atoms with Crippen molar-refractivity contribution in [3.63, 3.8) is 0 Å². The molecule has 0 spiro atoms. The molecule has 0 aliphatic heterocycles. The molecule has 5 aromatic rings. The van der Waals surface area contributed by atoms with E-state index < -0.39 is 0 Å². The maximum atomic E-state index is 14.5. The smallest absolute Gasteiger partial charge is 0.266 e. The fourth-order valence-electron chi connectivity index (χ4n) is 3.83. The van der Waals surface area contributed by atoms with Crippen LogP contribution in [0.25, 0.3) is 32.0 Å². The number of benzene rings is 3. The van der Waals surface area contributed by atoms with Gasteiger partial charge < -0.3 is 19.2 Å². The Morgan fingerprint density at radius 1 is 1.06 bits per heavy atom. The standard InChI is InChI=1S/C24H18FNO4S/c1-28-12-15-22-16(25)7-5-9-21(22)31-23(15)24(27)26-17-11-19-14(10-20(17)29-2)13-6-3-4-8-18(13)30-19/h3-11H,12H2,1-2H3,(H,26,27). The maximum Gasteiger partial charge on any atom is 0.266 e. The molecule has 0 saturated heterocycles. The fourth-order valence-corrected chi connectivity index (χ4v) is 4.95. The van der Waals surface area contributed by atoms with Crippen LogP contribution >= 0.6 is 11.3 Å². The Kier molecular flexibility index (Phi) is 4.84. The number of para-hydroxylation sites is 1. The summed E-state index contributed by atoms with van der Waals surface area (Å²) in [5.74, 6) is -0.226. The van der Waals surface area contributed by atoms with E-state index in [1.54, 1.807) is 25.3 Å². The molecule has 31 heavy (non-hydrogen) atoms. The zero-order chi connectivity index (χ0) is 21.5. The van der Waals surface area contributed by atoms with Crippen LogP contribution in [-0.2, 0) is 11.3 Å². The first-order valence-corrected chi connectivity index (χ1v) is 10.4. The molecule has 0 unspecified atom stereocenters. The summed E-state index contributed by atoms with van der Waals surface area (Å²) in [6, 6.07) is 16.1. The van der Waals surface area contributed by atoms with Crippen LogP contribution in [0.4, 0.5) is 10.1 Å². The topological polar surface area (TPSA) is 60.7 Å². The van der Waals surface area contributed by atoms with Crippen molar-refractivity contribution in [2.24, 2.45) is 0 Å². The second-order valence-electron chi connectivity index (χ2n) is 7.06. The highest BCUT2D eigenvalue weighted by Gasteiger charge is 2.22. The number of anilines is 1. The van der Waals surface area contributed by atoms with Crippen molar-refractivity contribution in [3.8, 4) is 5.75 Å². The van der Waals surface area contributed by atoms with Crippen LogP contribution in [0.2, 0.25) is 0 Å². The molecule has 0 fully saturated rings. The second kappa shape index (κ2) is 7.68. The zero-order valence-electron chi connectivity index (χ0n) is 16.8. The van der Waals surface area contributed by atoms with Gasteiger partial charge in [-0.05, 0) is 24.3 Å². The van der Waals surface area contributed by atoms with E-state index in [-0.39, 0.29) is 18.3 Å². The minimum absolute atomic E-state index is 0.128. The highest BCUT2D eigenvalue weighted by molar-refractivity contribution is 7.21. The molecule has 5 rings (SSSR count). The first-order chi connectivity index (χ1) is 15.1. The molecule has 0 bridgehead atoms. The molecular formula is C24H18FNO4S. The number of halogens is 1. The van der Waals surface area contributed by atoms with Gasteiger partial charge in [0.1, 0.15) is 22.7 Å². The third kappa shape index (κ3) is 3.22. The van der Waals surface area contributed by atoms with Gasteiger partial charge in [0.2, 0.25) is 0 Å². The lowest BCUT2D eigenvalue weighted by Gasteiger charge is -2.11. The van der Waals surface area contributed by atoms with Crippen LogP contribution in [0.3, 0.4) is 0 Å². The number of ether oxygens (including phenoxy) is 2. The van der Waals surface area contributed by atoms with Crippen molar-refractivity contribution in [1.29, 1.82) is 0 Å². The highest BCUT2D eigenvalue weighted by Crippen LogP contribution is 2.38. The number of rotatable bonds is 5. The number of hydrogen-bond acceptors (Lipinski definition) is 5. The lowest BCUT2D eigenvalue weighted by Crippen LogP contribution is -2.13. The van der Waals surface area contributed by atoms with E-state index in [1.807, 2.05) is 30.3 Å². The summed E-state index contributed by atoms with van der Waals surface area (Å²) in [5, 5.41) is 5.18. The van der Waals surface area contributed by atoms with Crippen molar-refractivity contribution in [1.82, 2.24) is 0 Å². The van der Waals surface area contributed by atoms with Crippen molar-refractivity contribution in [2.75, 3.05) is 19.5 Å². The van der Waals surface area contributed by atoms with E-state index in [2.05, 4.69) is 5.32 Å². The number of furan rings is 1. The van der Waals surface area contributed by atoms with Crippen molar-refractivity contribution < 1.29 is 23.1 Å². The predicted octanol–water partition coefficient (Wildman–Crippen LogP) is 6.35. The number of nitrogens with one attached hydrogen (secondary N) is 1. The molecule has 0 aliphatic rings. The van der Waals surface area contributed by atoms with Gasteiger partial charge >= 0.3 is 0 Å². The molecule has 0 radical (unpaired) electrons. The number of carbonyl (C=O) groups excluding carboxylic acids is 1. The quantitative estimate of drug-likeness (QED) is 0.350. The Morgan fingerprint density at radius 2 is 1.90 bits per heavy atom. The number of amides is 1. The van der Waals surface area contributed by atoms with E-state index in [0.29, 0.717) is 37.5 Å². The van der Waals surface area contributed by atoms with Crippen LogP contribution in [0.5, 0.6) is 5.75 Å². The van der Waals surface area contributed by atoms with Crippen LogP contribution in [-0.4, -0.2) is 20.1 Å². The molecule has 5 nitrogen and oxygen atoms in total. The molecule has 1 N–H and O–H groups in total. The molecule has 156 valence electrons. The fraction of sp³-hybridized carbons (Fsp3) is 0.125. The lowest BCUT2D eigenvalue weighted by atomic mass is 10.1. The summed E-state index contributed by atoms with van der Waals surface area (Å²) in [4.78, 5) is 13.6. The largest absolute Gasteiger partial charge is 0.495 e. The number of hydrogen-bond donors (Lipinski definition) is 1. The third-order valence-electron chi connectivity index (χ3n) is 5.21. The van der Waals surface area contributed by atoms with Gasteiger partial charge in [0.05, 0.1) is 24.3 Å². The minimum Gasteiger partial charge on any atom is -0.495 e. The van der Waals surface area contributed by atoms with Crippen LogP contribution in [0.15, 0.2) is 59.0 Å². The van der Waals surface area contributed by atoms with E-state index in [4.69, 9.17) is 13.9 Å². The van der Waals surface area contributed by atoms with E-state index in [0.717, 1.165) is 16.4 Å². The summed E-state index contributed by atoms with van der Waals surface area (Å²) < 4.78 is 31.9. The SMILES string of the molecule is COCc1c(C(=O)Nc2cc3oc4ccccc4c3cc2OC)sc2cccc(F)c12. The number of carbonyl (C=O) groups is 1. The van der Waals surface area contributed by atoms with E-state index >= 15 is 0 Å². The average molecular weight is 435 g/mol. The molecule has 0 atom stereocenters. The summed E-state index contributed by atoms with van der Waals surface area (Å²) in [5.41, 5.74) is 2.39. The summed E-state index contributed by atoms with van der Waals surface area (Å²) in [7, 11) is 3.06. The number of methoxy groups -OCH3 is 2. The Hall–Kier alpha value is -3.42. The molecule has 0 saturated carbocycles.